The largest absolute Gasteiger partial charge is 0.508 e. The molecule has 2 nitrogen and oxygen atoms in total. The second-order valence-corrected chi connectivity index (χ2v) is 8.71. The molecule has 1 aromatic carbocycles. The van der Waals surface area contributed by atoms with E-state index in [1.807, 2.05) is 12.1 Å². The highest BCUT2D eigenvalue weighted by atomic mass is 79.9. The van der Waals surface area contributed by atoms with Crippen LogP contribution in [-0.2, 0) is 6.42 Å². The number of phenolic OH excluding ortho intramolecular Hbond substituents is 1. The summed E-state index contributed by atoms with van der Waals surface area (Å²) in [6.45, 7) is 2.30. The number of fused-ring (bicyclic) bond motifs is 5. The molecule has 2 fully saturated rings. The summed E-state index contributed by atoms with van der Waals surface area (Å²) in [6.07, 6.45) is 5.28. The van der Waals surface area contributed by atoms with Crippen LogP contribution in [0.2, 0.25) is 0 Å². The molecule has 2 N–H and O–H groups in total. The van der Waals surface area contributed by atoms with Gasteiger partial charge < -0.3 is 10.2 Å². The van der Waals surface area contributed by atoms with E-state index in [2.05, 4.69) is 28.9 Å². The number of phenols is 1. The second-order valence-electron chi connectivity index (χ2n) is 7.53. The van der Waals surface area contributed by atoms with Crippen LogP contribution in [0.25, 0.3) is 0 Å². The standard InChI is InChI=1S/C18H23BrO2/c1-18-7-6-13-12-5-3-11(20)8-10(12)2-4-14(13)17(18)15(19)9-16(18)21/h3,5,8,13-17,20-21H,2,4,6-7,9H2,1H3/t13-,14-,15?,16?,17-,18-/m1/s1. The van der Waals surface area contributed by atoms with E-state index in [1.165, 1.54) is 24.0 Å². The molecule has 1 aromatic rings. The first-order valence-electron chi connectivity index (χ1n) is 8.14. The lowest BCUT2D eigenvalue weighted by Gasteiger charge is -2.50. The van der Waals surface area contributed by atoms with Gasteiger partial charge in [-0.25, -0.2) is 0 Å². The normalized spacial score (nSPS) is 44.8. The Bertz CT molecular complexity index is 572. The summed E-state index contributed by atoms with van der Waals surface area (Å²) < 4.78 is 0. The van der Waals surface area contributed by atoms with E-state index < -0.39 is 0 Å². The van der Waals surface area contributed by atoms with Crippen LogP contribution in [-0.4, -0.2) is 21.1 Å². The highest BCUT2D eigenvalue weighted by Crippen LogP contribution is 2.62. The zero-order chi connectivity index (χ0) is 14.8. The summed E-state index contributed by atoms with van der Waals surface area (Å²) in [6, 6.07) is 5.93. The SMILES string of the molecule is C[C@]12CC[C@@H]3c4ccc(O)cc4CC[C@H]3[C@@H]1C(Br)CC2O. The average Bonchev–Trinajstić information content (AvgIpc) is 2.68. The minimum atomic E-state index is -0.158. The summed E-state index contributed by atoms with van der Waals surface area (Å²) >= 11 is 3.87. The lowest BCUT2D eigenvalue weighted by Crippen LogP contribution is -2.45. The van der Waals surface area contributed by atoms with Crippen LogP contribution in [0.4, 0.5) is 0 Å². The summed E-state index contributed by atoms with van der Waals surface area (Å²) in [5, 5.41) is 20.2. The van der Waals surface area contributed by atoms with Gasteiger partial charge in [-0.05, 0) is 78.5 Å². The number of halogens is 1. The number of aliphatic hydroxyl groups is 1. The molecule has 3 aliphatic carbocycles. The topological polar surface area (TPSA) is 40.5 Å². The third kappa shape index (κ3) is 1.93. The molecule has 0 saturated heterocycles. The van der Waals surface area contributed by atoms with Crippen molar-refractivity contribution in [2.75, 3.05) is 0 Å². The van der Waals surface area contributed by atoms with Crippen molar-refractivity contribution >= 4 is 15.9 Å². The zero-order valence-corrected chi connectivity index (χ0v) is 14.0. The Morgan fingerprint density at radius 1 is 1.29 bits per heavy atom. The minimum Gasteiger partial charge on any atom is -0.508 e. The van der Waals surface area contributed by atoms with Gasteiger partial charge in [0.1, 0.15) is 5.75 Å². The molecule has 0 radical (unpaired) electrons. The van der Waals surface area contributed by atoms with Crippen LogP contribution in [0, 0.1) is 17.3 Å². The Morgan fingerprint density at radius 3 is 2.90 bits per heavy atom. The molecular weight excluding hydrogens is 328 g/mol. The summed E-state index contributed by atoms with van der Waals surface area (Å²) in [5.74, 6) is 2.25. The van der Waals surface area contributed by atoms with E-state index in [4.69, 9.17) is 0 Å². The molecule has 2 unspecified atom stereocenters. The third-order valence-electron chi connectivity index (χ3n) is 6.61. The quantitative estimate of drug-likeness (QED) is 0.694. The number of hydrogen-bond acceptors (Lipinski definition) is 2. The molecule has 0 amide bonds. The number of aliphatic hydroxyl groups excluding tert-OH is 1. The van der Waals surface area contributed by atoms with Gasteiger partial charge in [-0.1, -0.05) is 28.9 Å². The van der Waals surface area contributed by atoms with Gasteiger partial charge in [0.2, 0.25) is 0 Å². The first-order chi connectivity index (χ1) is 10.0. The maximum atomic E-state index is 10.5. The predicted molar refractivity (Wildman–Crippen MR) is 86.8 cm³/mol. The lowest BCUT2D eigenvalue weighted by atomic mass is 9.55. The number of aryl methyl sites for hydroxylation is 1. The highest BCUT2D eigenvalue weighted by Gasteiger charge is 2.57. The van der Waals surface area contributed by atoms with Crippen molar-refractivity contribution in [1.82, 2.24) is 0 Å². The van der Waals surface area contributed by atoms with E-state index in [1.54, 1.807) is 0 Å². The Balaban J connectivity index is 1.73. The molecule has 0 aromatic heterocycles. The van der Waals surface area contributed by atoms with Crippen molar-refractivity contribution < 1.29 is 10.2 Å². The van der Waals surface area contributed by atoms with Crippen LogP contribution in [0.3, 0.4) is 0 Å². The molecule has 0 heterocycles. The minimum absolute atomic E-state index is 0.0871. The van der Waals surface area contributed by atoms with Crippen molar-refractivity contribution in [3.8, 4) is 5.75 Å². The first-order valence-corrected chi connectivity index (χ1v) is 9.06. The zero-order valence-electron chi connectivity index (χ0n) is 12.4. The number of hydrogen-bond donors (Lipinski definition) is 2. The van der Waals surface area contributed by atoms with Crippen molar-refractivity contribution in [2.45, 2.75) is 55.9 Å². The number of rotatable bonds is 0. The van der Waals surface area contributed by atoms with Gasteiger partial charge in [-0.3, -0.25) is 0 Å². The van der Waals surface area contributed by atoms with Crippen LogP contribution >= 0.6 is 15.9 Å². The molecule has 0 bridgehead atoms. The van der Waals surface area contributed by atoms with Crippen molar-refractivity contribution in [2.24, 2.45) is 17.3 Å². The predicted octanol–water partition coefficient (Wildman–Crippen LogP) is 3.98. The summed E-state index contributed by atoms with van der Waals surface area (Å²) in [4.78, 5) is 0.448. The fourth-order valence-corrected chi connectivity index (χ4v) is 6.90. The molecular formula is C18H23BrO2. The second kappa shape index (κ2) is 4.73. The molecule has 21 heavy (non-hydrogen) atoms. The Morgan fingerprint density at radius 2 is 2.10 bits per heavy atom. The van der Waals surface area contributed by atoms with Crippen LogP contribution in [0.15, 0.2) is 18.2 Å². The molecule has 4 rings (SSSR count). The van der Waals surface area contributed by atoms with Crippen molar-refractivity contribution in [3.63, 3.8) is 0 Å². The Kier molecular flexibility index (Phi) is 3.17. The fourth-order valence-electron chi connectivity index (χ4n) is 5.55. The Hall–Kier alpha value is -0.540. The van der Waals surface area contributed by atoms with Crippen LogP contribution < -0.4 is 0 Å². The van der Waals surface area contributed by atoms with E-state index in [-0.39, 0.29) is 11.5 Å². The van der Waals surface area contributed by atoms with Crippen molar-refractivity contribution in [1.29, 1.82) is 0 Å². The molecule has 0 aliphatic heterocycles. The van der Waals surface area contributed by atoms with Gasteiger partial charge in [0.05, 0.1) is 6.10 Å². The van der Waals surface area contributed by atoms with Gasteiger partial charge >= 0.3 is 0 Å². The van der Waals surface area contributed by atoms with Gasteiger partial charge in [-0.2, -0.15) is 0 Å². The van der Waals surface area contributed by atoms with E-state index in [0.717, 1.165) is 19.3 Å². The number of aromatic hydroxyl groups is 1. The summed E-state index contributed by atoms with van der Waals surface area (Å²) in [7, 11) is 0. The Labute approximate surface area is 134 Å². The van der Waals surface area contributed by atoms with Crippen LogP contribution in [0.5, 0.6) is 5.75 Å². The van der Waals surface area contributed by atoms with Crippen LogP contribution in [0.1, 0.15) is 49.7 Å². The molecule has 3 heteroatoms. The van der Waals surface area contributed by atoms with Gasteiger partial charge in [0, 0.05) is 4.83 Å². The molecule has 3 aliphatic rings. The highest BCUT2D eigenvalue weighted by molar-refractivity contribution is 9.09. The summed E-state index contributed by atoms with van der Waals surface area (Å²) in [5.41, 5.74) is 2.88. The van der Waals surface area contributed by atoms with Gasteiger partial charge in [-0.15, -0.1) is 0 Å². The molecule has 0 spiro atoms. The smallest absolute Gasteiger partial charge is 0.115 e. The van der Waals surface area contributed by atoms with Gasteiger partial charge in [0.25, 0.3) is 0 Å². The molecule has 2 saturated carbocycles. The van der Waals surface area contributed by atoms with Crippen molar-refractivity contribution in [3.05, 3.63) is 29.3 Å². The third-order valence-corrected chi connectivity index (χ3v) is 7.55. The first kappa shape index (κ1) is 14.1. The van der Waals surface area contributed by atoms with E-state index in [9.17, 15) is 10.2 Å². The monoisotopic (exact) mass is 350 g/mol. The van der Waals surface area contributed by atoms with E-state index in [0.29, 0.717) is 28.3 Å². The number of alkyl halides is 1. The van der Waals surface area contributed by atoms with Gasteiger partial charge in [0.15, 0.2) is 0 Å². The maximum Gasteiger partial charge on any atom is 0.115 e. The lowest BCUT2D eigenvalue weighted by molar-refractivity contribution is -0.0216. The average molecular weight is 351 g/mol. The molecule has 6 atom stereocenters. The number of benzene rings is 1. The maximum absolute atomic E-state index is 10.5. The fraction of sp³-hybridized carbons (Fsp3) is 0.667. The molecule has 114 valence electrons. The van der Waals surface area contributed by atoms with E-state index >= 15 is 0 Å².